The number of methoxy groups -OCH3 is 2. The molecule has 2 aromatic rings. The van der Waals surface area contributed by atoms with Gasteiger partial charge in [-0.25, -0.2) is 0 Å². The molecule has 2 rings (SSSR count). The van der Waals surface area contributed by atoms with E-state index in [9.17, 15) is 0 Å². The highest BCUT2D eigenvalue weighted by atomic mass is 16.5. The highest BCUT2D eigenvalue weighted by Gasteiger charge is 2.12. The first-order chi connectivity index (χ1) is 12.2. The molecule has 25 heavy (non-hydrogen) atoms. The molecule has 0 bridgehead atoms. The first kappa shape index (κ1) is 18.9. The second kappa shape index (κ2) is 9.74. The van der Waals surface area contributed by atoms with Gasteiger partial charge in [0.2, 0.25) is 0 Å². The van der Waals surface area contributed by atoms with Gasteiger partial charge in [0, 0.05) is 18.7 Å². The average Bonchev–Trinajstić information content (AvgIpc) is 2.64. The fourth-order valence-corrected chi connectivity index (χ4v) is 2.69. The molecule has 0 aliphatic carbocycles. The van der Waals surface area contributed by atoms with Crippen LogP contribution < -0.4 is 19.5 Å². The molecular weight excluding hydrogens is 314 g/mol. The Morgan fingerprint density at radius 3 is 2.32 bits per heavy atom. The monoisotopic (exact) mass is 341 g/mol. The lowest BCUT2D eigenvalue weighted by molar-refractivity contribution is 0.308. The van der Waals surface area contributed by atoms with Gasteiger partial charge in [-0.1, -0.05) is 24.3 Å². The van der Waals surface area contributed by atoms with E-state index in [0.29, 0.717) is 6.61 Å². The number of rotatable bonds is 10. The van der Waals surface area contributed by atoms with E-state index in [4.69, 9.17) is 14.2 Å². The molecule has 2 aromatic carbocycles. The molecule has 0 atom stereocenters. The van der Waals surface area contributed by atoms with Crippen molar-refractivity contribution in [3.63, 3.8) is 0 Å². The van der Waals surface area contributed by atoms with Crippen molar-refractivity contribution >= 4 is 0 Å². The van der Waals surface area contributed by atoms with E-state index in [2.05, 4.69) is 30.1 Å². The maximum Gasteiger partial charge on any atom is 0.164 e. The lowest BCUT2D eigenvalue weighted by Crippen LogP contribution is -2.13. The van der Waals surface area contributed by atoms with Crippen LogP contribution >= 0.6 is 0 Å². The molecule has 0 aliphatic rings. The number of nitrogens with one attached hydrogen (secondary N) is 1. The lowest BCUT2D eigenvalue weighted by Gasteiger charge is -2.16. The van der Waals surface area contributed by atoms with E-state index >= 15 is 0 Å². The van der Waals surface area contributed by atoms with Crippen LogP contribution in [0.4, 0.5) is 0 Å². The number of allylic oxidation sites excluding steroid dienone is 1. The highest BCUT2D eigenvalue weighted by Crippen LogP contribution is 2.33. The maximum absolute atomic E-state index is 5.76. The minimum atomic E-state index is 0.607. The molecular formula is C21H27NO3. The van der Waals surface area contributed by atoms with E-state index in [-0.39, 0.29) is 0 Å². The zero-order chi connectivity index (χ0) is 18.1. The fraction of sp³-hybridized carbons (Fsp3) is 0.333. The van der Waals surface area contributed by atoms with E-state index in [0.717, 1.165) is 47.9 Å². The van der Waals surface area contributed by atoms with Crippen molar-refractivity contribution in [2.24, 2.45) is 0 Å². The van der Waals surface area contributed by atoms with Crippen molar-refractivity contribution in [2.45, 2.75) is 26.4 Å². The van der Waals surface area contributed by atoms with Gasteiger partial charge in [0.1, 0.15) is 5.75 Å². The van der Waals surface area contributed by atoms with Crippen molar-refractivity contribution in [3.8, 4) is 17.2 Å². The minimum Gasteiger partial charge on any atom is -0.497 e. The first-order valence-corrected chi connectivity index (χ1v) is 8.48. The Bertz CT molecular complexity index is 680. The molecule has 4 heteroatoms. The molecule has 0 radical (unpaired) electrons. The Morgan fingerprint density at radius 1 is 1.00 bits per heavy atom. The van der Waals surface area contributed by atoms with Crippen molar-refractivity contribution < 1.29 is 14.2 Å². The van der Waals surface area contributed by atoms with Crippen LogP contribution in [0.3, 0.4) is 0 Å². The van der Waals surface area contributed by atoms with E-state index in [1.54, 1.807) is 14.2 Å². The average molecular weight is 341 g/mol. The molecule has 0 aliphatic heterocycles. The van der Waals surface area contributed by atoms with Crippen LogP contribution in [-0.2, 0) is 19.5 Å². The summed E-state index contributed by atoms with van der Waals surface area (Å²) in [5, 5.41) is 3.46. The molecule has 0 fully saturated rings. The third kappa shape index (κ3) is 5.26. The second-order valence-electron chi connectivity index (χ2n) is 5.66. The third-order valence-corrected chi connectivity index (χ3v) is 3.88. The molecule has 0 heterocycles. The maximum atomic E-state index is 5.76. The Labute approximate surface area is 150 Å². The van der Waals surface area contributed by atoms with Gasteiger partial charge in [-0.15, -0.1) is 6.58 Å². The Hall–Kier alpha value is -2.46. The van der Waals surface area contributed by atoms with Crippen molar-refractivity contribution in [3.05, 3.63) is 65.7 Å². The SMILES string of the molecule is C=CCc1cc(CNCc2ccc(OC)cc2)cc(OC)c1OCC. The normalized spacial score (nSPS) is 10.4. The number of hydrogen-bond acceptors (Lipinski definition) is 4. The number of hydrogen-bond donors (Lipinski definition) is 1. The van der Waals surface area contributed by atoms with Crippen molar-refractivity contribution in [1.29, 1.82) is 0 Å². The van der Waals surface area contributed by atoms with E-state index in [1.165, 1.54) is 5.56 Å². The standard InChI is InChI=1S/C21H27NO3/c1-5-7-18-12-17(13-20(24-4)21(18)25-6-2)15-22-14-16-8-10-19(23-3)11-9-16/h5,8-13,22H,1,6-7,14-15H2,2-4H3. The lowest BCUT2D eigenvalue weighted by atomic mass is 10.1. The van der Waals surface area contributed by atoms with Gasteiger partial charge in [-0.3, -0.25) is 0 Å². The van der Waals surface area contributed by atoms with Crippen molar-refractivity contribution in [1.82, 2.24) is 5.32 Å². The molecule has 4 nitrogen and oxygen atoms in total. The topological polar surface area (TPSA) is 39.7 Å². The van der Waals surface area contributed by atoms with E-state index < -0.39 is 0 Å². The molecule has 0 spiro atoms. The summed E-state index contributed by atoms with van der Waals surface area (Å²) < 4.78 is 16.5. The number of benzene rings is 2. The van der Waals surface area contributed by atoms with Crippen LogP contribution in [0.2, 0.25) is 0 Å². The Morgan fingerprint density at radius 2 is 1.72 bits per heavy atom. The van der Waals surface area contributed by atoms with Crippen LogP contribution in [0.1, 0.15) is 23.6 Å². The van der Waals surface area contributed by atoms with Crippen LogP contribution in [-0.4, -0.2) is 20.8 Å². The van der Waals surface area contributed by atoms with Gasteiger partial charge in [-0.2, -0.15) is 0 Å². The summed E-state index contributed by atoms with van der Waals surface area (Å²) in [7, 11) is 3.34. The summed E-state index contributed by atoms with van der Waals surface area (Å²) >= 11 is 0. The molecule has 0 unspecified atom stereocenters. The summed E-state index contributed by atoms with van der Waals surface area (Å²) in [6, 6.07) is 12.2. The smallest absolute Gasteiger partial charge is 0.164 e. The zero-order valence-electron chi connectivity index (χ0n) is 15.3. The second-order valence-corrected chi connectivity index (χ2v) is 5.66. The Kier molecular flexibility index (Phi) is 7.36. The van der Waals surface area contributed by atoms with Crippen LogP contribution in [0, 0.1) is 0 Å². The summed E-state index contributed by atoms with van der Waals surface area (Å²) in [6.07, 6.45) is 2.63. The van der Waals surface area contributed by atoms with Gasteiger partial charge in [-0.05, 0) is 42.7 Å². The molecule has 134 valence electrons. The summed E-state index contributed by atoms with van der Waals surface area (Å²) in [5.74, 6) is 2.44. The van der Waals surface area contributed by atoms with Gasteiger partial charge >= 0.3 is 0 Å². The number of ether oxygens (including phenoxy) is 3. The molecule has 0 saturated carbocycles. The summed E-state index contributed by atoms with van der Waals surface area (Å²) in [6.45, 7) is 7.95. The third-order valence-electron chi connectivity index (χ3n) is 3.88. The first-order valence-electron chi connectivity index (χ1n) is 8.48. The van der Waals surface area contributed by atoms with Gasteiger partial charge in [0.15, 0.2) is 11.5 Å². The predicted molar refractivity (Wildman–Crippen MR) is 102 cm³/mol. The van der Waals surface area contributed by atoms with Gasteiger partial charge < -0.3 is 19.5 Å². The quantitative estimate of drug-likeness (QED) is 0.660. The van der Waals surface area contributed by atoms with Crippen molar-refractivity contribution in [2.75, 3.05) is 20.8 Å². The van der Waals surface area contributed by atoms with Crippen LogP contribution in [0.15, 0.2) is 49.1 Å². The molecule has 0 saturated heterocycles. The Balaban J connectivity index is 2.07. The predicted octanol–water partition coefficient (Wildman–Crippen LogP) is 4.12. The highest BCUT2D eigenvalue weighted by molar-refractivity contribution is 5.50. The van der Waals surface area contributed by atoms with Crippen LogP contribution in [0.5, 0.6) is 17.2 Å². The zero-order valence-corrected chi connectivity index (χ0v) is 15.3. The van der Waals surface area contributed by atoms with Gasteiger partial charge in [0.25, 0.3) is 0 Å². The molecule has 1 N–H and O–H groups in total. The minimum absolute atomic E-state index is 0.607. The van der Waals surface area contributed by atoms with Gasteiger partial charge in [0.05, 0.1) is 20.8 Å². The van der Waals surface area contributed by atoms with Crippen LogP contribution in [0.25, 0.3) is 0 Å². The summed E-state index contributed by atoms with van der Waals surface area (Å²) in [5.41, 5.74) is 3.47. The largest absolute Gasteiger partial charge is 0.497 e. The summed E-state index contributed by atoms with van der Waals surface area (Å²) in [4.78, 5) is 0. The molecule has 0 aromatic heterocycles. The molecule has 0 amide bonds. The fourth-order valence-electron chi connectivity index (χ4n) is 2.69. The van der Waals surface area contributed by atoms with E-state index in [1.807, 2.05) is 31.2 Å².